The van der Waals surface area contributed by atoms with Crippen molar-refractivity contribution in [2.75, 3.05) is 0 Å². The SMILES string of the molecule is Cc1nc(C)c(N=Nc2nc(C)n(C)n2)c(C)c1C. The summed E-state index contributed by atoms with van der Waals surface area (Å²) in [7, 11) is 1.83. The van der Waals surface area contributed by atoms with Gasteiger partial charge >= 0.3 is 0 Å². The average molecular weight is 258 g/mol. The average Bonchev–Trinajstić information content (AvgIpc) is 2.66. The van der Waals surface area contributed by atoms with Crippen molar-refractivity contribution in [2.45, 2.75) is 34.6 Å². The highest BCUT2D eigenvalue weighted by molar-refractivity contribution is 5.53. The molecular formula is C13H18N6. The molecule has 0 saturated heterocycles. The summed E-state index contributed by atoms with van der Waals surface area (Å²) >= 11 is 0. The van der Waals surface area contributed by atoms with Crippen LogP contribution in [0.25, 0.3) is 0 Å². The van der Waals surface area contributed by atoms with Gasteiger partial charge in [0.05, 0.1) is 5.69 Å². The molecule has 0 N–H and O–H groups in total. The van der Waals surface area contributed by atoms with Crippen molar-refractivity contribution >= 4 is 11.6 Å². The first-order valence-corrected chi connectivity index (χ1v) is 6.14. The van der Waals surface area contributed by atoms with Crippen LogP contribution in [0.3, 0.4) is 0 Å². The van der Waals surface area contributed by atoms with Crippen LogP contribution in [-0.2, 0) is 7.05 Å². The molecule has 0 fully saturated rings. The normalized spacial score (nSPS) is 11.5. The molecule has 2 aromatic heterocycles. The van der Waals surface area contributed by atoms with Crippen molar-refractivity contribution in [1.29, 1.82) is 0 Å². The number of aryl methyl sites for hydroxylation is 4. The van der Waals surface area contributed by atoms with Gasteiger partial charge in [0.15, 0.2) is 0 Å². The van der Waals surface area contributed by atoms with E-state index in [-0.39, 0.29) is 0 Å². The van der Waals surface area contributed by atoms with Crippen LogP contribution < -0.4 is 0 Å². The number of pyridine rings is 1. The molecule has 0 aliphatic carbocycles. The summed E-state index contributed by atoms with van der Waals surface area (Å²) in [6.07, 6.45) is 0. The van der Waals surface area contributed by atoms with Gasteiger partial charge in [0.2, 0.25) is 0 Å². The monoisotopic (exact) mass is 258 g/mol. The fourth-order valence-corrected chi connectivity index (χ4v) is 1.84. The van der Waals surface area contributed by atoms with Gasteiger partial charge in [-0.15, -0.1) is 15.3 Å². The summed E-state index contributed by atoms with van der Waals surface area (Å²) in [6, 6.07) is 0. The number of azo groups is 1. The lowest BCUT2D eigenvalue weighted by atomic mass is 10.1. The highest BCUT2D eigenvalue weighted by Gasteiger charge is 2.09. The molecule has 19 heavy (non-hydrogen) atoms. The molecule has 0 spiro atoms. The number of hydrogen-bond donors (Lipinski definition) is 0. The minimum atomic E-state index is 0.372. The van der Waals surface area contributed by atoms with Gasteiger partial charge in [-0.3, -0.25) is 9.67 Å². The maximum Gasteiger partial charge on any atom is 0.287 e. The van der Waals surface area contributed by atoms with Crippen LogP contribution in [0.4, 0.5) is 11.6 Å². The van der Waals surface area contributed by atoms with Crippen LogP contribution in [0.15, 0.2) is 10.2 Å². The number of aromatic nitrogens is 4. The minimum absolute atomic E-state index is 0.372. The van der Waals surface area contributed by atoms with Gasteiger partial charge in [-0.2, -0.15) is 4.98 Å². The van der Waals surface area contributed by atoms with Crippen LogP contribution >= 0.6 is 0 Å². The Morgan fingerprint density at radius 3 is 2.11 bits per heavy atom. The third-order valence-electron chi connectivity index (χ3n) is 3.35. The zero-order valence-electron chi connectivity index (χ0n) is 12.2. The van der Waals surface area contributed by atoms with Gasteiger partial charge in [0.1, 0.15) is 11.5 Å². The standard InChI is InChI=1S/C13H18N6/c1-7-8(2)12(10(4)14-9(7)3)16-17-13-15-11(5)19(6)18-13/h1-6H3. The van der Waals surface area contributed by atoms with Crippen molar-refractivity contribution in [1.82, 2.24) is 19.7 Å². The van der Waals surface area contributed by atoms with E-state index in [0.717, 1.165) is 34.0 Å². The quantitative estimate of drug-likeness (QED) is 0.777. The Morgan fingerprint density at radius 2 is 1.53 bits per heavy atom. The summed E-state index contributed by atoms with van der Waals surface area (Å²) in [5.74, 6) is 1.18. The van der Waals surface area contributed by atoms with Crippen LogP contribution in [0, 0.1) is 34.6 Å². The molecule has 6 nitrogen and oxygen atoms in total. The van der Waals surface area contributed by atoms with E-state index in [4.69, 9.17) is 0 Å². The second kappa shape index (κ2) is 4.87. The maximum atomic E-state index is 4.47. The lowest BCUT2D eigenvalue weighted by Crippen LogP contribution is -1.95. The summed E-state index contributed by atoms with van der Waals surface area (Å²) < 4.78 is 1.67. The fraction of sp³-hybridized carbons (Fsp3) is 0.462. The van der Waals surface area contributed by atoms with Gasteiger partial charge in [-0.05, 0) is 45.7 Å². The molecule has 0 amide bonds. The van der Waals surface area contributed by atoms with E-state index in [1.807, 2.05) is 41.7 Å². The topological polar surface area (TPSA) is 68.3 Å². The van der Waals surface area contributed by atoms with E-state index in [9.17, 15) is 0 Å². The van der Waals surface area contributed by atoms with E-state index in [0.29, 0.717) is 5.95 Å². The maximum absolute atomic E-state index is 4.47. The lowest BCUT2D eigenvalue weighted by Gasteiger charge is -2.08. The number of hydrogen-bond acceptors (Lipinski definition) is 5. The highest BCUT2D eigenvalue weighted by Crippen LogP contribution is 2.27. The van der Waals surface area contributed by atoms with Crippen molar-refractivity contribution in [3.63, 3.8) is 0 Å². The van der Waals surface area contributed by atoms with Crippen LogP contribution in [0.1, 0.15) is 28.3 Å². The van der Waals surface area contributed by atoms with E-state index >= 15 is 0 Å². The first kappa shape index (κ1) is 13.3. The first-order chi connectivity index (χ1) is 8.90. The Morgan fingerprint density at radius 1 is 0.842 bits per heavy atom. The first-order valence-electron chi connectivity index (χ1n) is 6.14. The van der Waals surface area contributed by atoms with Crippen LogP contribution in [0.2, 0.25) is 0 Å². The molecule has 0 aliphatic rings. The summed E-state index contributed by atoms with van der Waals surface area (Å²) in [4.78, 5) is 8.66. The van der Waals surface area contributed by atoms with Gasteiger partial charge in [0.25, 0.3) is 5.95 Å². The third-order valence-corrected chi connectivity index (χ3v) is 3.35. The van der Waals surface area contributed by atoms with Gasteiger partial charge < -0.3 is 0 Å². The molecule has 100 valence electrons. The van der Waals surface area contributed by atoms with Gasteiger partial charge in [-0.1, -0.05) is 0 Å². The smallest absolute Gasteiger partial charge is 0.256 e. The highest BCUT2D eigenvalue weighted by atomic mass is 15.4. The Labute approximate surface area is 112 Å². The predicted molar refractivity (Wildman–Crippen MR) is 73.1 cm³/mol. The Hall–Kier alpha value is -2.11. The van der Waals surface area contributed by atoms with Crippen molar-refractivity contribution in [2.24, 2.45) is 17.3 Å². The zero-order valence-corrected chi connectivity index (χ0v) is 12.2. The van der Waals surface area contributed by atoms with E-state index in [1.54, 1.807) is 4.68 Å². The van der Waals surface area contributed by atoms with E-state index in [2.05, 4.69) is 25.3 Å². The number of nitrogens with zero attached hydrogens (tertiary/aromatic N) is 6. The molecule has 0 unspecified atom stereocenters. The summed E-state index contributed by atoms with van der Waals surface area (Å²) in [6.45, 7) is 9.88. The zero-order chi connectivity index (χ0) is 14.2. The van der Waals surface area contributed by atoms with E-state index < -0.39 is 0 Å². The van der Waals surface area contributed by atoms with E-state index in [1.165, 1.54) is 0 Å². The van der Waals surface area contributed by atoms with Crippen LogP contribution in [0.5, 0.6) is 0 Å². The summed E-state index contributed by atoms with van der Waals surface area (Å²) in [5.41, 5.74) is 4.94. The van der Waals surface area contributed by atoms with Gasteiger partial charge in [0, 0.05) is 12.7 Å². The molecule has 0 atom stereocenters. The van der Waals surface area contributed by atoms with Crippen molar-refractivity contribution in [3.05, 3.63) is 28.3 Å². The molecule has 0 aliphatic heterocycles. The van der Waals surface area contributed by atoms with Crippen LogP contribution in [-0.4, -0.2) is 19.7 Å². The molecule has 2 aromatic rings. The second-order valence-corrected chi connectivity index (χ2v) is 4.66. The molecule has 0 bridgehead atoms. The second-order valence-electron chi connectivity index (χ2n) is 4.66. The Bertz CT molecular complexity index is 634. The Balaban J connectivity index is 2.41. The molecule has 0 aromatic carbocycles. The van der Waals surface area contributed by atoms with Gasteiger partial charge in [-0.25, -0.2) is 0 Å². The molecule has 2 heterocycles. The summed E-state index contributed by atoms with van der Waals surface area (Å²) in [5, 5.41) is 12.5. The largest absolute Gasteiger partial charge is 0.287 e. The molecule has 2 rings (SSSR count). The number of rotatable bonds is 2. The fourth-order valence-electron chi connectivity index (χ4n) is 1.84. The van der Waals surface area contributed by atoms with Crippen molar-refractivity contribution < 1.29 is 0 Å². The Kier molecular flexibility index (Phi) is 3.42. The molecule has 0 radical (unpaired) electrons. The molecule has 6 heteroatoms. The minimum Gasteiger partial charge on any atom is -0.256 e. The third kappa shape index (κ3) is 2.52. The molecule has 0 saturated carbocycles. The predicted octanol–water partition coefficient (Wildman–Crippen LogP) is 3.17. The molecular weight excluding hydrogens is 240 g/mol. The lowest BCUT2D eigenvalue weighted by molar-refractivity contribution is 0.734. The van der Waals surface area contributed by atoms with Crippen molar-refractivity contribution in [3.8, 4) is 0 Å².